The van der Waals surface area contributed by atoms with Gasteiger partial charge in [-0.25, -0.2) is 18.7 Å². The predicted molar refractivity (Wildman–Crippen MR) is 56.3 cm³/mol. The Hall–Kier alpha value is -0.910. The summed E-state index contributed by atoms with van der Waals surface area (Å²) in [5.74, 6) is 0. The zero-order valence-corrected chi connectivity index (χ0v) is 9.16. The van der Waals surface area contributed by atoms with Gasteiger partial charge in [0.05, 0.1) is 11.5 Å². The minimum absolute atomic E-state index is 0.0603. The van der Waals surface area contributed by atoms with Crippen LogP contribution < -0.4 is 5.14 Å². The molecule has 0 saturated heterocycles. The summed E-state index contributed by atoms with van der Waals surface area (Å²) in [6, 6.07) is 6.43. The smallest absolute Gasteiger partial charge is 0.237 e. The maximum atomic E-state index is 10.9. The second-order valence-corrected chi connectivity index (χ2v) is 4.91. The van der Waals surface area contributed by atoms with Crippen molar-refractivity contribution in [2.45, 2.75) is 24.2 Å². The molecule has 1 radical (unpaired) electrons. The Morgan fingerprint density at radius 2 is 1.67 bits per heavy atom. The molecule has 4 nitrogen and oxygen atoms in total. The molecule has 0 atom stereocenters. The van der Waals surface area contributed by atoms with Gasteiger partial charge < -0.3 is 0 Å². The molecule has 5 heteroatoms. The molecule has 0 heterocycles. The standard InChI is InChI=1S/C10H14NO3S/c11-15(13,14)10-6-4-9(5-7-10)3-1-2-8-12/h4-7H,1-3,8H2,(H2,11,13,14). The molecule has 83 valence electrons. The summed E-state index contributed by atoms with van der Waals surface area (Å²) < 4.78 is 21.9. The number of aryl methyl sites for hydroxylation is 1. The summed E-state index contributed by atoms with van der Waals surface area (Å²) in [5, 5.41) is 15.2. The second-order valence-electron chi connectivity index (χ2n) is 3.35. The third-order valence-corrected chi connectivity index (χ3v) is 3.04. The Kier molecular flexibility index (Phi) is 4.26. The first kappa shape index (κ1) is 12.2. The lowest BCUT2D eigenvalue weighted by Crippen LogP contribution is -2.11. The molecule has 1 rings (SSSR count). The van der Waals surface area contributed by atoms with Crippen LogP contribution in [0.4, 0.5) is 0 Å². The van der Waals surface area contributed by atoms with E-state index in [0.29, 0.717) is 6.42 Å². The number of hydrogen-bond donors (Lipinski definition) is 1. The third kappa shape index (κ3) is 3.99. The number of nitrogens with two attached hydrogens (primary N) is 1. The first-order valence-electron chi connectivity index (χ1n) is 4.74. The van der Waals surface area contributed by atoms with Crippen molar-refractivity contribution in [2.75, 3.05) is 6.61 Å². The van der Waals surface area contributed by atoms with Crippen LogP contribution in [0.1, 0.15) is 18.4 Å². The number of benzene rings is 1. The van der Waals surface area contributed by atoms with Crippen LogP contribution in [0.15, 0.2) is 29.2 Å². The molecule has 0 aliphatic rings. The predicted octanol–water partition coefficient (Wildman–Crippen LogP) is 1.09. The van der Waals surface area contributed by atoms with Crippen LogP contribution in [0.5, 0.6) is 0 Å². The van der Waals surface area contributed by atoms with E-state index in [1.807, 2.05) is 0 Å². The van der Waals surface area contributed by atoms with Gasteiger partial charge in [-0.1, -0.05) is 12.1 Å². The van der Waals surface area contributed by atoms with Crippen molar-refractivity contribution in [1.29, 1.82) is 0 Å². The van der Waals surface area contributed by atoms with Crippen molar-refractivity contribution in [1.82, 2.24) is 0 Å². The van der Waals surface area contributed by atoms with E-state index in [-0.39, 0.29) is 11.5 Å². The summed E-state index contributed by atoms with van der Waals surface area (Å²) in [6.45, 7) is -0.0603. The molecule has 0 aromatic heterocycles. The average molecular weight is 228 g/mol. The summed E-state index contributed by atoms with van der Waals surface area (Å²) in [7, 11) is -3.59. The Morgan fingerprint density at radius 3 is 2.13 bits per heavy atom. The average Bonchev–Trinajstić information content (AvgIpc) is 2.18. The van der Waals surface area contributed by atoms with Crippen LogP contribution in [-0.2, 0) is 21.6 Å². The van der Waals surface area contributed by atoms with Crippen molar-refractivity contribution in [3.63, 3.8) is 0 Å². The highest BCUT2D eigenvalue weighted by Crippen LogP contribution is 2.10. The summed E-state index contributed by atoms with van der Waals surface area (Å²) in [6.07, 6.45) is 2.28. The van der Waals surface area contributed by atoms with Crippen LogP contribution in [0.2, 0.25) is 0 Å². The van der Waals surface area contributed by atoms with E-state index in [1.54, 1.807) is 12.1 Å². The molecule has 0 fully saturated rings. The number of sulfonamides is 1. The molecule has 0 spiro atoms. The highest BCUT2D eigenvalue weighted by molar-refractivity contribution is 7.89. The maximum absolute atomic E-state index is 10.9. The van der Waals surface area contributed by atoms with Crippen molar-refractivity contribution < 1.29 is 13.5 Å². The van der Waals surface area contributed by atoms with E-state index in [2.05, 4.69) is 0 Å². The Morgan fingerprint density at radius 1 is 1.07 bits per heavy atom. The normalized spacial score (nSPS) is 11.6. The summed E-state index contributed by atoms with van der Waals surface area (Å²) in [5.41, 5.74) is 1.02. The quantitative estimate of drug-likeness (QED) is 0.765. The van der Waals surface area contributed by atoms with Crippen molar-refractivity contribution in [2.24, 2.45) is 5.14 Å². The monoisotopic (exact) mass is 228 g/mol. The zero-order chi connectivity index (χ0) is 11.3. The number of unbranched alkanes of at least 4 members (excludes halogenated alkanes) is 1. The second kappa shape index (κ2) is 5.25. The topological polar surface area (TPSA) is 80.1 Å². The minimum atomic E-state index is -3.59. The lowest BCUT2D eigenvalue weighted by Gasteiger charge is -2.01. The highest BCUT2D eigenvalue weighted by atomic mass is 32.2. The SMILES string of the molecule is NS(=O)(=O)c1ccc(CCCC[O])cc1. The van der Waals surface area contributed by atoms with Crippen LogP contribution in [-0.4, -0.2) is 15.0 Å². The molecule has 1 aromatic rings. The van der Waals surface area contributed by atoms with E-state index < -0.39 is 10.0 Å². The Bertz CT molecular complexity index is 397. The van der Waals surface area contributed by atoms with Crippen LogP contribution in [0, 0.1) is 0 Å². The van der Waals surface area contributed by atoms with Gasteiger partial charge in [-0.2, -0.15) is 0 Å². The third-order valence-electron chi connectivity index (χ3n) is 2.11. The van der Waals surface area contributed by atoms with Gasteiger partial charge in [0.25, 0.3) is 0 Å². The first-order valence-corrected chi connectivity index (χ1v) is 6.28. The fourth-order valence-electron chi connectivity index (χ4n) is 1.28. The maximum Gasteiger partial charge on any atom is 0.238 e. The lowest BCUT2D eigenvalue weighted by molar-refractivity contribution is 0.187. The van der Waals surface area contributed by atoms with E-state index >= 15 is 0 Å². The minimum Gasteiger partial charge on any atom is -0.237 e. The van der Waals surface area contributed by atoms with Gasteiger partial charge in [0.15, 0.2) is 0 Å². The molecule has 2 N–H and O–H groups in total. The van der Waals surface area contributed by atoms with Gasteiger partial charge in [0, 0.05) is 0 Å². The molecule has 0 aliphatic carbocycles. The number of hydrogen-bond acceptors (Lipinski definition) is 2. The molecular formula is C10H14NO3S. The zero-order valence-electron chi connectivity index (χ0n) is 8.35. The molecule has 0 amide bonds. The van der Waals surface area contributed by atoms with Crippen LogP contribution in [0.25, 0.3) is 0 Å². The molecule has 15 heavy (non-hydrogen) atoms. The van der Waals surface area contributed by atoms with Gasteiger partial charge in [-0.05, 0) is 37.0 Å². The summed E-state index contributed by atoms with van der Waals surface area (Å²) in [4.78, 5) is 0.120. The van der Waals surface area contributed by atoms with Gasteiger partial charge in [0.2, 0.25) is 10.0 Å². The van der Waals surface area contributed by atoms with E-state index in [0.717, 1.165) is 18.4 Å². The molecule has 0 unspecified atom stereocenters. The largest absolute Gasteiger partial charge is 0.238 e. The number of rotatable bonds is 5. The fraction of sp³-hybridized carbons (Fsp3) is 0.400. The van der Waals surface area contributed by atoms with E-state index in [9.17, 15) is 13.5 Å². The van der Waals surface area contributed by atoms with Crippen LogP contribution in [0.3, 0.4) is 0 Å². The van der Waals surface area contributed by atoms with Crippen molar-refractivity contribution in [3.05, 3.63) is 29.8 Å². The van der Waals surface area contributed by atoms with Crippen LogP contribution >= 0.6 is 0 Å². The van der Waals surface area contributed by atoms with Gasteiger partial charge >= 0.3 is 0 Å². The first-order chi connectivity index (χ1) is 7.04. The van der Waals surface area contributed by atoms with E-state index in [4.69, 9.17) is 5.14 Å². The number of primary sulfonamides is 1. The Labute approximate surface area is 89.8 Å². The van der Waals surface area contributed by atoms with Crippen molar-refractivity contribution in [3.8, 4) is 0 Å². The molecule has 0 saturated carbocycles. The Balaban J connectivity index is 2.65. The highest BCUT2D eigenvalue weighted by Gasteiger charge is 2.06. The van der Waals surface area contributed by atoms with Gasteiger partial charge in [0.1, 0.15) is 0 Å². The van der Waals surface area contributed by atoms with Crippen molar-refractivity contribution >= 4 is 10.0 Å². The summed E-state index contributed by atoms with van der Waals surface area (Å²) >= 11 is 0. The van der Waals surface area contributed by atoms with Gasteiger partial charge in [-0.3, -0.25) is 0 Å². The lowest BCUT2D eigenvalue weighted by atomic mass is 10.1. The molecule has 0 aliphatic heterocycles. The molecular weight excluding hydrogens is 214 g/mol. The van der Waals surface area contributed by atoms with E-state index in [1.165, 1.54) is 12.1 Å². The fourth-order valence-corrected chi connectivity index (χ4v) is 1.79. The molecule has 0 bridgehead atoms. The molecule has 1 aromatic carbocycles. The van der Waals surface area contributed by atoms with Gasteiger partial charge in [-0.15, -0.1) is 0 Å².